The van der Waals surface area contributed by atoms with Gasteiger partial charge in [0.1, 0.15) is 0 Å². The number of benzene rings is 1. The third-order valence-corrected chi connectivity index (χ3v) is 3.49. The summed E-state index contributed by atoms with van der Waals surface area (Å²) < 4.78 is 0. The van der Waals surface area contributed by atoms with Gasteiger partial charge in [0.05, 0.1) is 0 Å². The molecule has 2 rings (SSSR count). The van der Waals surface area contributed by atoms with Crippen LogP contribution in [0.4, 0.5) is 5.69 Å². The standard InChI is InChI=1S/C15H22N2O/c1-3-10-16-13-9-11-17(15(18)4-2)14-8-6-5-7-12(13)14/h5-8,13,16H,3-4,9-11H2,1-2H3. The highest BCUT2D eigenvalue weighted by molar-refractivity contribution is 5.94. The second-order valence-electron chi connectivity index (χ2n) is 4.75. The first-order valence-electron chi connectivity index (χ1n) is 6.90. The summed E-state index contributed by atoms with van der Waals surface area (Å²) in [6, 6.07) is 8.65. The van der Waals surface area contributed by atoms with Crippen molar-refractivity contribution in [2.75, 3.05) is 18.0 Å². The van der Waals surface area contributed by atoms with Crippen molar-refractivity contribution in [3.63, 3.8) is 0 Å². The van der Waals surface area contributed by atoms with Crippen LogP contribution in [0.5, 0.6) is 0 Å². The van der Waals surface area contributed by atoms with Crippen molar-refractivity contribution in [1.29, 1.82) is 0 Å². The molecule has 1 N–H and O–H groups in total. The van der Waals surface area contributed by atoms with Gasteiger partial charge in [-0.25, -0.2) is 0 Å². The zero-order valence-corrected chi connectivity index (χ0v) is 11.3. The van der Waals surface area contributed by atoms with Crippen LogP contribution in [-0.4, -0.2) is 19.0 Å². The molecule has 0 spiro atoms. The molecule has 0 aromatic heterocycles. The molecule has 1 aliphatic heterocycles. The SMILES string of the molecule is CCCNC1CCN(C(=O)CC)c2ccccc21. The average Bonchev–Trinajstić information content (AvgIpc) is 2.43. The van der Waals surface area contributed by atoms with Crippen molar-refractivity contribution in [2.24, 2.45) is 0 Å². The smallest absolute Gasteiger partial charge is 0.226 e. The molecule has 98 valence electrons. The molecule has 1 aromatic carbocycles. The Hall–Kier alpha value is -1.35. The molecule has 0 fully saturated rings. The fourth-order valence-corrected chi connectivity index (χ4v) is 2.54. The molecule has 0 aliphatic carbocycles. The predicted molar refractivity (Wildman–Crippen MR) is 74.7 cm³/mol. The number of amides is 1. The molecule has 1 heterocycles. The van der Waals surface area contributed by atoms with Gasteiger partial charge in [0.15, 0.2) is 0 Å². The number of carbonyl (C=O) groups is 1. The number of rotatable bonds is 4. The lowest BCUT2D eigenvalue weighted by molar-refractivity contribution is -0.118. The fourth-order valence-electron chi connectivity index (χ4n) is 2.54. The van der Waals surface area contributed by atoms with Crippen molar-refractivity contribution in [3.05, 3.63) is 29.8 Å². The highest BCUT2D eigenvalue weighted by Crippen LogP contribution is 2.33. The van der Waals surface area contributed by atoms with Gasteiger partial charge < -0.3 is 10.2 Å². The summed E-state index contributed by atoms with van der Waals surface area (Å²) in [5, 5.41) is 3.57. The van der Waals surface area contributed by atoms with Crippen LogP contribution in [0.2, 0.25) is 0 Å². The molecule has 0 bridgehead atoms. The molecule has 1 atom stereocenters. The van der Waals surface area contributed by atoms with Crippen molar-refractivity contribution in [1.82, 2.24) is 5.32 Å². The van der Waals surface area contributed by atoms with Gasteiger partial charge in [-0.3, -0.25) is 4.79 Å². The van der Waals surface area contributed by atoms with Gasteiger partial charge in [-0.05, 0) is 31.0 Å². The quantitative estimate of drug-likeness (QED) is 0.886. The van der Waals surface area contributed by atoms with Gasteiger partial charge in [0.2, 0.25) is 5.91 Å². The third kappa shape index (κ3) is 2.56. The maximum atomic E-state index is 12.0. The van der Waals surface area contributed by atoms with E-state index in [4.69, 9.17) is 0 Å². The van der Waals surface area contributed by atoms with Crippen LogP contribution >= 0.6 is 0 Å². The van der Waals surface area contributed by atoms with E-state index >= 15 is 0 Å². The predicted octanol–water partition coefficient (Wildman–Crippen LogP) is 2.87. The lowest BCUT2D eigenvalue weighted by Crippen LogP contribution is -2.39. The first-order chi connectivity index (χ1) is 8.77. The first kappa shape index (κ1) is 13.1. The lowest BCUT2D eigenvalue weighted by atomic mass is 9.96. The second-order valence-corrected chi connectivity index (χ2v) is 4.75. The molecule has 3 heteroatoms. The normalized spacial score (nSPS) is 18.6. The van der Waals surface area contributed by atoms with Crippen molar-refractivity contribution < 1.29 is 4.79 Å². The molecule has 1 aromatic rings. The van der Waals surface area contributed by atoms with E-state index in [9.17, 15) is 4.79 Å². The van der Waals surface area contributed by atoms with E-state index in [1.54, 1.807) is 0 Å². The summed E-state index contributed by atoms with van der Waals surface area (Å²) in [4.78, 5) is 13.9. The van der Waals surface area contributed by atoms with Crippen molar-refractivity contribution in [2.45, 2.75) is 39.2 Å². The van der Waals surface area contributed by atoms with Gasteiger partial charge in [-0.1, -0.05) is 32.0 Å². The summed E-state index contributed by atoms with van der Waals surface area (Å²) in [5.74, 6) is 0.219. The fraction of sp³-hybridized carbons (Fsp3) is 0.533. The molecular formula is C15H22N2O. The minimum atomic E-state index is 0.219. The highest BCUT2D eigenvalue weighted by Gasteiger charge is 2.26. The number of fused-ring (bicyclic) bond motifs is 1. The average molecular weight is 246 g/mol. The van der Waals surface area contributed by atoms with E-state index in [-0.39, 0.29) is 5.91 Å². The van der Waals surface area contributed by atoms with Crippen LogP contribution in [0.15, 0.2) is 24.3 Å². The Labute approximate surface area is 109 Å². The Morgan fingerprint density at radius 2 is 2.17 bits per heavy atom. The number of hydrogen-bond donors (Lipinski definition) is 1. The zero-order chi connectivity index (χ0) is 13.0. The van der Waals surface area contributed by atoms with Crippen molar-refractivity contribution >= 4 is 11.6 Å². The monoisotopic (exact) mass is 246 g/mol. The summed E-state index contributed by atoms with van der Waals surface area (Å²) in [7, 11) is 0. The largest absolute Gasteiger partial charge is 0.312 e. The summed E-state index contributed by atoms with van der Waals surface area (Å²) in [5.41, 5.74) is 2.35. The van der Waals surface area contributed by atoms with E-state index in [0.29, 0.717) is 12.5 Å². The Bertz CT molecular complexity index is 417. The number of anilines is 1. The van der Waals surface area contributed by atoms with Crippen LogP contribution in [0.25, 0.3) is 0 Å². The van der Waals surface area contributed by atoms with Gasteiger partial charge in [0, 0.05) is 24.7 Å². The van der Waals surface area contributed by atoms with E-state index in [1.807, 2.05) is 17.9 Å². The lowest BCUT2D eigenvalue weighted by Gasteiger charge is -2.34. The van der Waals surface area contributed by atoms with Crippen LogP contribution in [0.1, 0.15) is 44.7 Å². The Balaban J connectivity index is 2.25. The maximum Gasteiger partial charge on any atom is 0.226 e. The minimum Gasteiger partial charge on any atom is -0.312 e. The molecule has 18 heavy (non-hydrogen) atoms. The Morgan fingerprint density at radius 1 is 1.39 bits per heavy atom. The number of para-hydroxylation sites is 1. The Morgan fingerprint density at radius 3 is 2.89 bits per heavy atom. The van der Waals surface area contributed by atoms with E-state index in [1.165, 1.54) is 5.56 Å². The van der Waals surface area contributed by atoms with Crippen LogP contribution < -0.4 is 10.2 Å². The maximum absolute atomic E-state index is 12.0. The number of hydrogen-bond acceptors (Lipinski definition) is 2. The van der Waals surface area contributed by atoms with Gasteiger partial charge in [0.25, 0.3) is 0 Å². The molecule has 1 amide bonds. The molecular weight excluding hydrogens is 224 g/mol. The number of nitrogens with zero attached hydrogens (tertiary/aromatic N) is 1. The number of carbonyl (C=O) groups excluding carboxylic acids is 1. The minimum absolute atomic E-state index is 0.219. The molecule has 1 unspecified atom stereocenters. The zero-order valence-electron chi connectivity index (χ0n) is 11.3. The molecule has 0 radical (unpaired) electrons. The van der Waals surface area contributed by atoms with Gasteiger partial charge in [-0.15, -0.1) is 0 Å². The highest BCUT2D eigenvalue weighted by atomic mass is 16.2. The topological polar surface area (TPSA) is 32.3 Å². The Kier molecular flexibility index (Phi) is 4.37. The van der Waals surface area contributed by atoms with E-state index in [0.717, 1.165) is 31.6 Å². The second kappa shape index (κ2) is 6.01. The molecule has 0 saturated heterocycles. The van der Waals surface area contributed by atoms with Crippen LogP contribution in [-0.2, 0) is 4.79 Å². The molecule has 1 aliphatic rings. The number of nitrogens with one attached hydrogen (secondary N) is 1. The van der Waals surface area contributed by atoms with E-state index in [2.05, 4.69) is 30.4 Å². The van der Waals surface area contributed by atoms with Crippen molar-refractivity contribution in [3.8, 4) is 0 Å². The van der Waals surface area contributed by atoms with Gasteiger partial charge >= 0.3 is 0 Å². The summed E-state index contributed by atoms with van der Waals surface area (Å²) in [6.45, 7) is 5.95. The first-order valence-corrected chi connectivity index (χ1v) is 6.90. The van der Waals surface area contributed by atoms with E-state index < -0.39 is 0 Å². The molecule has 0 saturated carbocycles. The summed E-state index contributed by atoms with van der Waals surface area (Å²) >= 11 is 0. The van der Waals surface area contributed by atoms with Crippen LogP contribution in [0, 0.1) is 0 Å². The van der Waals surface area contributed by atoms with Crippen LogP contribution in [0.3, 0.4) is 0 Å². The van der Waals surface area contributed by atoms with Gasteiger partial charge in [-0.2, -0.15) is 0 Å². The summed E-state index contributed by atoms with van der Waals surface area (Å²) in [6.07, 6.45) is 2.71. The third-order valence-electron chi connectivity index (χ3n) is 3.49. The molecule has 3 nitrogen and oxygen atoms in total.